The molecule has 0 unspecified atom stereocenters. The quantitative estimate of drug-likeness (QED) is 0.900. The number of β-amino-alcohol motifs (C(OH)–C–C–N with tert-alkyl or cyclic N) is 1. The lowest BCUT2D eigenvalue weighted by Crippen LogP contribution is -2.40. The number of likely N-dealkylation sites (tertiary alicyclic amines) is 1. The highest BCUT2D eigenvalue weighted by atomic mass is 16.5. The molecule has 2 aliphatic heterocycles. The zero-order chi connectivity index (χ0) is 14.5. The lowest BCUT2D eigenvalue weighted by atomic mass is 10.00. The van der Waals surface area contributed by atoms with E-state index in [0.717, 1.165) is 63.8 Å². The summed E-state index contributed by atoms with van der Waals surface area (Å²) in [7, 11) is 0. The van der Waals surface area contributed by atoms with E-state index >= 15 is 0 Å². The molecule has 2 heterocycles. The summed E-state index contributed by atoms with van der Waals surface area (Å²) in [5, 5.41) is 10.7. The van der Waals surface area contributed by atoms with Gasteiger partial charge in [-0.15, -0.1) is 0 Å². The molecule has 1 aromatic carbocycles. The van der Waals surface area contributed by atoms with Crippen molar-refractivity contribution >= 4 is 0 Å². The van der Waals surface area contributed by atoms with Gasteiger partial charge in [0.2, 0.25) is 0 Å². The summed E-state index contributed by atoms with van der Waals surface area (Å²) in [6.45, 7) is 4.92. The first-order valence-corrected chi connectivity index (χ1v) is 7.94. The molecule has 0 aliphatic carbocycles. The average molecular weight is 291 g/mol. The van der Waals surface area contributed by atoms with E-state index < -0.39 is 5.60 Å². The summed E-state index contributed by atoms with van der Waals surface area (Å²) in [5.74, 6) is 1.55. The Morgan fingerprint density at radius 3 is 2.76 bits per heavy atom. The van der Waals surface area contributed by atoms with E-state index in [2.05, 4.69) is 4.90 Å². The zero-order valence-electron chi connectivity index (χ0n) is 12.5. The molecule has 1 N–H and O–H groups in total. The van der Waals surface area contributed by atoms with Crippen molar-refractivity contribution < 1.29 is 14.6 Å². The molecule has 0 spiro atoms. The molecular formula is C17H25NO3. The fourth-order valence-corrected chi connectivity index (χ4v) is 3.24. The van der Waals surface area contributed by atoms with Crippen LogP contribution in [0.2, 0.25) is 0 Å². The number of rotatable bonds is 5. The van der Waals surface area contributed by atoms with Gasteiger partial charge < -0.3 is 14.6 Å². The Morgan fingerprint density at radius 1 is 1.24 bits per heavy atom. The molecule has 21 heavy (non-hydrogen) atoms. The summed E-state index contributed by atoms with van der Waals surface area (Å²) >= 11 is 0. The first-order valence-electron chi connectivity index (χ1n) is 7.94. The number of benzene rings is 1. The van der Waals surface area contributed by atoms with E-state index in [9.17, 15) is 5.11 Å². The topological polar surface area (TPSA) is 41.9 Å². The first-order chi connectivity index (χ1) is 10.2. The average Bonchev–Trinajstić information content (AvgIpc) is 2.89. The molecule has 1 atom stereocenters. The minimum Gasteiger partial charge on any atom is -0.491 e. The number of para-hydroxylation sites is 1. The summed E-state index contributed by atoms with van der Waals surface area (Å²) in [4.78, 5) is 2.38. The fourth-order valence-electron chi connectivity index (χ4n) is 3.24. The lowest BCUT2D eigenvalue weighted by molar-refractivity contribution is 0.00000464. The number of nitrogens with zero attached hydrogens (tertiary/aromatic N) is 1. The van der Waals surface area contributed by atoms with Crippen molar-refractivity contribution in [1.82, 2.24) is 4.90 Å². The largest absolute Gasteiger partial charge is 0.491 e. The monoisotopic (exact) mass is 291 g/mol. The van der Waals surface area contributed by atoms with Crippen molar-refractivity contribution in [1.29, 1.82) is 0 Å². The second-order valence-electron chi connectivity index (χ2n) is 6.37. The Morgan fingerprint density at radius 2 is 2.00 bits per heavy atom. The molecule has 0 bridgehead atoms. The van der Waals surface area contributed by atoms with Gasteiger partial charge >= 0.3 is 0 Å². The standard InChI is InChI=1S/C17H25NO3/c19-17(14-21-16-4-2-1-3-5-16)8-9-18(13-17)12-15-6-10-20-11-7-15/h1-5,15,19H,6-14H2/t17-/m1/s1. The van der Waals surface area contributed by atoms with Crippen LogP contribution in [-0.4, -0.2) is 55.1 Å². The highest BCUT2D eigenvalue weighted by Crippen LogP contribution is 2.25. The third-order valence-electron chi connectivity index (χ3n) is 4.52. The molecule has 116 valence electrons. The summed E-state index contributed by atoms with van der Waals surface area (Å²) in [6.07, 6.45) is 3.09. The van der Waals surface area contributed by atoms with Crippen molar-refractivity contribution in [3.05, 3.63) is 30.3 Å². The van der Waals surface area contributed by atoms with Crippen molar-refractivity contribution in [3.8, 4) is 5.75 Å². The molecule has 4 heteroatoms. The van der Waals surface area contributed by atoms with E-state index in [4.69, 9.17) is 9.47 Å². The van der Waals surface area contributed by atoms with Gasteiger partial charge in [0.1, 0.15) is 18.0 Å². The lowest BCUT2D eigenvalue weighted by Gasteiger charge is -2.28. The molecule has 0 amide bonds. The third kappa shape index (κ3) is 4.19. The Bertz CT molecular complexity index is 433. The van der Waals surface area contributed by atoms with E-state index in [-0.39, 0.29) is 0 Å². The molecule has 2 saturated heterocycles. The van der Waals surface area contributed by atoms with Crippen LogP contribution in [0.3, 0.4) is 0 Å². The van der Waals surface area contributed by atoms with Gasteiger partial charge in [-0.1, -0.05) is 18.2 Å². The molecule has 1 aromatic rings. The second-order valence-corrected chi connectivity index (χ2v) is 6.37. The van der Waals surface area contributed by atoms with Gasteiger partial charge in [-0.2, -0.15) is 0 Å². The number of hydrogen-bond acceptors (Lipinski definition) is 4. The van der Waals surface area contributed by atoms with Crippen LogP contribution >= 0.6 is 0 Å². The second kappa shape index (κ2) is 6.77. The maximum Gasteiger partial charge on any atom is 0.119 e. The molecular weight excluding hydrogens is 266 g/mol. The Hall–Kier alpha value is -1.10. The summed E-state index contributed by atoms with van der Waals surface area (Å²) in [6, 6.07) is 9.72. The van der Waals surface area contributed by atoms with E-state index in [1.165, 1.54) is 0 Å². The van der Waals surface area contributed by atoms with Gasteiger partial charge in [0.15, 0.2) is 0 Å². The maximum absolute atomic E-state index is 10.7. The molecule has 2 aliphatic rings. The molecule has 3 rings (SSSR count). The Kier molecular flexibility index (Phi) is 4.78. The van der Waals surface area contributed by atoms with Gasteiger partial charge in [0.05, 0.1) is 0 Å². The van der Waals surface area contributed by atoms with Gasteiger partial charge in [-0.3, -0.25) is 4.90 Å². The highest BCUT2D eigenvalue weighted by Gasteiger charge is 2.37. The van der Waals surface area contributed by atoms with Crippen molar-refractivity contribution in [2.75, 3.05) is 39.5 Å². The van der Waals surface area contributed by atoms with E-state index in [1.54, 1.807) is 0 Å². The third-order valence-corrected chi connectivity index (χ3v) is 4.52. The Labute approximate surface area is 126 Å². The zero-order valence-corrected chi connectivity index (χ0v) is 12.5. The highest BCUT2D eigenvalue weighted by molar-refractivity contribution is 5.21. The SMILES string of the molecule is O[C@]1(COc2ccccc2)CCN(CC2CCOCC2)C1. The Balaban J connectivity index is 1.46. The number of aliphatic hydroxyl groups is 1. The molecule has 0 radical (unpaired) electrons. The predicted molar refractivity (Wildman–Crippen MR) is 81.5 cm³/mol. The van der Waals surface area contributed by atoms with E-state index in [1.807, 2.05) is 30.3 Å². The fraction of sp³-hybridized carbons (Fsp3) is 0.647. The van der Waals surface area contributed by atoms with Crippen LogP contribution in [0.15, 0.2) is 30.3 Å². The number of hydrogen-bond donors (Lipinski definition) is 1. The predicted octanol–water partition coefficient (Wildman–Crippen LogP) is 1.93. The van der Waals surface area contributed by atoms with Crippen LogP contribution in [0.5, 0.6) is 5.75 Å². The molecule has 2 fully saturated rings. The van der Waals surface area contributed by atoms with Crippen LogP contribution < -0.4 is 4.74 Å². The minimum atomic E-state index is -0.707. The summed E-state index contributed by atoms with van der Waals surface area (Å²) < 4.78 is 11.1. The van der Waals surface area contributed by atoms with Crippen molar-refractivity contribution in [2.45, 2.75) is 24.9 Å². The van der Waals surface area contributed by atoms with Gasteiger partial charge in [-0.05, 0) is 37.3 Å². The molecule has 0 aromatic heterocycles. The van der Waals surface area contributed by atoms with Crippen molar-refractivity contribution in [2.24, 2.45) is 5.92 Å². The van der Waals surface area contributed by atoms with Gasteiger partial charge in [0, 0.05) is 32.8 Å². The van der Waals surface area contributed by atoms with E-state index in [0.29, 0.717) is 6.61 Å². The smallest absolute Gasteiger partial charge is 0.119 e. The van der Waals surface area contributed by atoms with Gasteiger partial charge in [-0.25, -0.2) is 0 Å². The van der Waals surface area contributed by atoms with Crippen LogP contribution in [0.1, 0.15) is 19.3 Å². The number of ether oxygens (including phenoxy) is 2. The molecule has 0 saturated carbocycles. The minimum absolute atomic E-state index is 0.376. The van der Waals surface area contributed by atoms with Crippen LogP contribution in [0.25, 0.3) is 0 Å². The van der Waals surface area contributed by atoms with Crippen molar-refractivity contribution in [3.63, 3.8) is 0 Å². The first kappa shape index (κ1) is 14.8. The molecule has 4 nitrogen and oxygen atoms in total. The summed E-state index contributed by atoms with van der Waals surface area (Å²) in [5.41, 5.74) is -0.707. The van der Waals surface area contributed by atoms with Gasteiger partial charge in [0.25, 0.3) is 0 Å². The normalized spacial score (nSPS) is 27.9. The van der Waals surface area contributed by atoms with Crippen LogP contribution in [0, 0.1) is 5.92 Å². The van der Waals surface area contributed by atoms with Crippen LogP contribution in [0.4, 0.5) is 0 Å². The van der Waals surface area contributed by atoms with Crippen LogP contribution in [-0.2, 0) is 4.74 Å². The maximum atomic E-state index is 10.7.